The predicted octanol–water partition coefficient (Wildman–Crippen LogP) is 3.97. The zero-order valence-electron chi connectivity index (χ0n) is 17.5. The molecule has 0 saturated heterocycles. The van der Waals surface area contributed by atoms with E-state index in [1.165, 1.54) is 11.1 Å². The van der Waals surface area contributed by atoms with Crippen LogP contribution in [0.25, 0.3) is 11.0 Å². The molecule has 1 aliphatic carbocycles. The molecule has 7 heteroatoms. The van der Waals surface area contributed by atoms with E-state index in [1.54, 1.807) is 12.3 Å². The zero-order valence-corrected chi connectivity index (χ0v) is 17.5. The van der Waals surface area contributed by atoms with Gasteiger partial charge in [-0.3, -0.25) is 14.9 Å². The van der Waals surface area contributed by atoms with Gasteiger partial charge in [-0.1, -0.05) is 17.7 Å². The average molecular weight is 420 g/mol. The third-order valence-electron chi connectivity index (χ3n) is 5.45. The first-order valence-electron chi connectivity index (χ1n) is 10.2. The fourth-order valence-corrected chi connectivity index (χ4v) is 3.91. The monoisotopic (exact) mass is 420 g/mol. The van der Waals surface area contributed by atoms with Crippen LogP contribution in [0, 0.1) is 13.8 Å². The molecule has 0 atom stereocenters. The number of fused-ring (bicyclic) bond motifs is 2. The van der Waals surface area contributed by atoms with Crippen molar-refractivity contribution in [1.29, 1.82) is 0 Å². The molecule has 0 aliphatic heterocycles. The number of aryl methyl sites for hydroxylation is 4. The number of furan rings is 1. The first-order valence-corrected chi connectivity index (χ1v) is 10.2. The van der Waals surface area contributed by atoms with Crippen LogP contribution in [-0.4, -0.2) is 24.5 Å². The predicted molar refractivity (Wildman–Crippen MR) is 116 cm³/mol. The van der Waals surface area contributed by atoms with Crippen molar-refractivity contribution < 1.29 is 23.5 Å². The van der Waals surface area contributed by atoms with Gasteiger partial charge in [0.1, 0.15) is 5.58 Å². The Bertz CT molecular complexity index is 1180. The van der Waals surface area contributed by atoms with Gasteiger partial charge >= 0.3 is 12.0 Å². The van der Waals surface area contributed by atoms with Crippen LogP contribution in [0.3, 0.4) is 0 Å². The molecule has 0 radical (unpaired) electrons. The van der Waals surface area contributed by atoms with Gasteiger partial charge in [-0.05, 0) is 68.0 Å². The van der Waals surface area contributed by atoms with Crippen LogP contribution in [0.1, 0.15) is 34.2 Å². The van der Waals surface area contributed by atoms with Crippen molar-refractivity contribution in [2.75, 3.05) is 11.9 Å². The van der Waals surface area contributed by atoms with E-state index in [-0.39, 0.29) is 6.42 Å². The van der Waals surface area contributed by atoms with Gasteiger partial charge in [0.25, 0.3) is 5.91 Å². The number of amides is 3. The number of anilines is 1. The first kappa shape index (κ1) is 20.7. The lowest BCUT2D eigenvalue weighted by Gasteiger charge is -2.10. The normalized spacial score (nSPS) is 12.5. The van der Waals surface area contributed by atoms with E-state index >= 15 is 0 Å². The quantitative estimate of drug-likeness (QED) is 0.609. The number of rotatable bonds is 5. The number of urea groups is 1. The van der Waals surface area contributed by atoms with Crippen molar-refractivity contribution >= 4 is 34.6 Å². The summed E-state index contributed by atoms with van der Waals surface area (Å²) >= 11 is 0. The summed E-state index contributed by atoms with van der Waals surface area (Å²) < 4.78 is 10.6. The highest BCUT2D eigenvalue weighted by atomic mass is 16.5. The number of benzene rings is 2. The molecule has 31 heavy (non-hydrogen) atoms. The van der Waals surface area contributed by atoms with Gasteiger partial charge in [0.2, 0.25) is 0 Å². The molecular weight excluding hydrogens is 396 g/mol. The lowest BCUT2D eigenvalue weighted by molar-refractivity contribution is -0.147. The van der Waals surface area contributed by atoms with Crippen LogP contribution >= 0.6 is 0 Å². The Hall–Kier alpha value is -3.61. The second-order valence-electron chi connectivity index (χ2n) is 7.89. The summed E-state index contributed by atoms with van der Waals surface area (Å²) in [6.45, 7) is 3.28. The first-order chi connectivity index (χ1) is 14.9. The number of ether oxygens (including phenoxy) is 1. The van der Waals surface area contributed by atoms with Crippen LogP contribution in [0.4, 0.5) is 10.5 Å². The molecule has 1 aromatic heterocycles. The van der Waals surface area contributed by atoms with Crippen LogP contribution < -0.4 is 10.6 Å². The number of hydrogen-bond acceptors (Lipinski definition) is 5. The maximum atomic E-state index is 12.2. The van der Waals surface area contributed by atoms with E-state index < -0.39 is 24.5 Å². The lowest BCUT2D eigenvalue weighted by Crippen LogP contribution is -2.37. The van der Waals surface area contributed by atoms with E-state index in [4.69, 9.17) is 9.15 Å². The molecule has 0 unspecified atom stereocenters. The summed E-state index contributed by atoms with van der Waals surface area (Å²) in [5.41, 5.74) is 6.62. The highest BCUT2D eigenvalue weighted by Crippen LogP contribution is 2.30. The van der Waals surface area contributed by atoms with Crippen molar-refractivity contribution in [3.63, 3.8) is 0 Å². The topological polar surface area (TPSA) is 97.6 Å². The highest BCUT2D eigenvalue weighted by molar-refractivity contribution is 6.02. The molecule has 0 bridgehead atoms. The number of nitrogens with one attached hydrogen (secondary N) is 2. The molecule has 2 aromatic carbocycles. The largest absolute Gasteiger partial charge is 0.464 e. The van der Waals surface area contributed by atoms with Crippen LogP contribution in [0.5, 0.6) is 0 Å². The summed E-state index contributed by atoms with van der Waals surface area (Å²) in [5, 5.41) is 5.66. The smallest absolute Gasteiger partial charge is 0.325 e. The minimum absolute atomic E-state index is 0.00613. The fourth-order valence-electron chi connectivity index (χ4n) is 3.91. The Kier molecular flexibility index (Phi) is 5.75. The Labute approximate surface area is 179 Å². The summed E-state index contributed by atoms with van der Waals surface area (Å²) in [7, 11) is 0. The number of imide groups is 1. The molecule has 7 nitrogen and oxygen atoms in total. The summed E-state index contributed by atoms with van der Waals surface area (Å²) in [4.78, 5) is 36.2. The molecule has 3 amide bonds. The second-order valence-corrected chi connectivity index (χ2v) is 7.89. The van der Waals surface area contributed by atoms with Crippen molar-refractivity contribution in [2.24, 2.45) is 0 Å². The maximum Gasteiger partial charge on any atom is 0.325 e. The Morgan fingerprint density at radius 1 is 1.06 bits per heavy atom. The summed E-state index contributed by atoms with van der Waals surface area (Å²) in [5.74, 6) is -1.27. The van der Waals surface area contributed by atoms with E-state index in [0.717, 1.165) is 46.9 Å². The van der Waals surface area contributed by atoms with Crippen molar-refractivity contribution in [3.05, 3.63) is 64.4 Å². The Balaban J connectivity index is 1.28. The number of hydrogen-bond donors (Lipinski definition) is 2. The van der Waals surface area contributed by atoms with Gasteiger partial charge in [0.15, 0.2) is 6.61 Å². The summed E-state index contributed by atoms with van der Waals surface area (Å²) in [6.07, 6.45) is 4.76. The van der Waals surface area contributed by atoms with Crippen molar-refractivity contribution in [3.8, 4) is 0 Å². The van der Waals surface area contributed by atoms with Crippen LogP contribution in [0.2, 0.25) is 0 Å². The molecule has 0 fully saturated rings. The van der Waals surface area contributed by atoms with Crippen molar-refractivity contribution in [1.82, 2.24) is 5.32 Å². The van der Waals surface area contributed by atoms with E-state index in [0.29, 0.717) is 5.69 Å². The molecule has 0 saturated carbocycles. The minimum Gasteiger partial charge on any atom is -0.464 e. The average Bonchev–Trinajstić information content (AvgIpc) is 3.33. The van der Waals surface area contributed by atoms with Gasteiger partial charge in [-0.2, -0.15) is 0 Å². The minimum atomic E-state index is -0.703. The van der Waals surface area contributed by atoms with E-state index in [9.17, 15) is 14.4 Å². The van der Waals surface area contributed by atoms with E-state index in [1.807, 2.05) is 32.0 Å². The van der Waals surface area contributed by atoms with Gasteiger partial charge in [0, 0.05) is 16.6 Å². The number of carbonyl (C=O) groups excluding carboxylic acids is 3. The molecule has 3 aromatic rings. The van der Waals surface area contributed by atoms with Crippen LogP contribution in [-0.2, 0) is 33.6 Å². The molecule has 1 heterocycles. The Morgan fingerprint density at radius 2 is 1.84 bits per heavy atom. The molecule has 1 aliphatic rings. The summed E-state index contributed by atoms with van der Waals surface area (Å²) in [6, 6.07) is 8.98. The van der Waals surface area contributed by atoms with Crippen LogP contribution in [0.15, 0.2) is 41.0 Å². The van der Waals surface area contributed by atoms with Gasteiger partial charge < -0.3 is 14.5 Å². The van der Waals surface area contributed by atoms with E-state index in [2.05, 4.69) is 16.7 Å². The molecule has 2 N–H and O–H groups in total. The third kappa shape index (κ3) is 4.77. The Morgan fingerprint density at radius 3 is 2.61 bits per heavy atom. The van der Waals surface area contributed by atoms with Gasteiger partial charge in [-0.25, -0.2) is 4.79 Å². The molecular formula is C24H24N2O5. The molecule has 4 rings (SSSR count). The fraction of sp³-hybridized carbons (Fsp3) is 0.292. The molecule has 0 spiro atoms. The maximum absolute atomic E-state index is 12.2. The molecule has 160 valence electrons. The highest BCUT2D eigenvalue weighted by Gasteiger charge is 2.18. The zero-order chi connectivity index (χ0) is 22.0. The number of carbonyl (C=O) groups is 3. The van der Waals surface area contributed by atoms with Gasteiger partial charge in [0.05, 0.1) is 12.7 Å². The number of esters is 1. The second kappa shape index (κ2) is 8.63. The van der Waals surface area contributed by atoms with Crippen molar-refractivity contribution in [2.45, 2.75) is 39.5 Å². The third-order valence-corrected chi connectivity index (χ3v) is 5.45. The SMILES string of the molecule is Cc1ccc(NC(=O)NC(=O)COC(=O)Cc2coc3cc4c(cc23)CCC4)c(C)c1. The lowest BCUT2D eigenvalue weighted by atomic mass is 10.0. The standard InChI is InChI=1S/C24H24N2O5/c1-14-6-7-20(15(2)8-14)25-24(29)26-22(27)13-31-23(28)11-18-12-30-21-10-17-5-3-4-16(17)9-19(18)21/h6-10,12H,3-5,11,13H2,1-2H3,(H2,25,26,27,29). The van der Waals surface area contributed by atoms with Gasteiger partial charge in [-0.15, -0.1) is 0 Å².